The Morgan fingerprint density at radius 3 is 2.79 bits per heavy atom. The zero-order valence-corrected chi connectivity index (χ0v) is 16.7. The molecule has 1 fully saturated rings. The lowest BCUT2D eigenvalue weighted by Crippen LogP contribution is -2.53. The average Bonchev–Trinajstić information content (AvgIpc) is 3.11. The number of carbonyl (C=O) groups excluding carboxylic acids is 2. The van der Waals surface area contributed by atoms with Crippen molar-refractivity contribution in [3.8, 4) is 0 Å². The van der Waals surface area contributed by atoms with Gasteiger partial charge in [-0.15, -0.1) is 0 Å². The van der Waals surface area contributed by atoms with Crippen molar-refractivity contribution >= 4 is 22.8 Å². The molecule has 3 amide bonds. The Bertz CT molecular complexity index is 796. The molecule has 1 aromatic heterocycles. The van der Waals surface area contributed by atoms with Crippen LogP contribution in [0.5, 0.6) is 0 Å². The molecule has 3 rings (SSSR count). The molecule has 1 saturated heterocycles. The molecule has 0 aliphatic carbocycles. The molecule has 0 saturated carbocycles. The first kappa shape index (κ1) is 20.2. The number of H-pyrrole nitrogens is 1. The van der Waals surface area contributed by atoms with E-state index >= 15 is 0 Å². The number of methoxy groups -OCH3 is 1. The molecule has 0 bridgehead atoms. The molecule has 2 heterocycles. The van der Waals surface area contributed by atoms with Crippen molar-refractivity contribution in [1.82, 2.24) is 20.5 Å². The molecule has 0 radical (unpaired) electrons. The highest BCUT2D eigenvalue weighted by atomic mass is 16.5. The van der Waals surface area contributed by atoms with Crippen LogP contribution < -0.4 is 10.6 Å². The van der Waals surface area contributed by atoms with Crippen LogP contribution in [0.1, 0.15) is 25.3 Å². The predicted molar refractivity (Wildman–Crippen MR) is 109 cm³/mol. The van der Waals surface area contributed by atoms with E-state index in [1.54, 1.807) is 7.11 Å². The second kappa shape index (κ2) is 9.59. The third-order valence-electron chi connectivity index (χ3n) is 5.39. The van der Waals surface area contributed by atoms with E-state index in [0.717, 1.165) is 42.4 Å². The molecule has 1 aliphatic heterocycles. The second-order valence-electron chi connectivity index (χ2n) is 7.52. The molecule has 0 spiro atoms. The van der Waals surface area contributed by atoms with E-state index in [-0.39, 0.29) is 11.9 Å². The standard InChI is InChI=1S/C21H30N4O3/c1-15-7-10-25(11-8-15)20(26)19(24-21(27)22-9-12-28-2)13-16-14-23-18-6-4-3-5-17(16)18/h3-6,14-15,19,23H,7-13H2,1-2H3,(H2,22,24,27)/t19-/m1/s1. The zero-order chi connectivity index (χ0) is 19.9. The lowest BCUT2D eigenvalue weighted by molar-refractivity contribution is -0.134. The van der Waals surface area contributed by atoms with Crippen molar-refractivity contribution in [2.75, 3.05) is 33.4 Å². The molecule has 1 aromatic carbocycles. The number of hydrogen-bond acceptors (Lipinski definition) is 3. The minimum Gasteiger partial charge on any atom is -0.383 e. The van der Waals surface area contributed by atoms with E-state index in [9.17, 15) is 9.59 Å². The summed E-state index contributed by atoms with van der Waals surface area (Å²) in [6, 6.07) is 7.04. The molecular weight excluding hydrogens is 356 g/mol. The summed E-state index contributed by atoms with van der Waals surface area (Å²) in [5, 5.41) is 6.70. The Morgan fingerprint density at radius 1 is 1.29 bits per heavy atom. The minimum atomic E-state index is -0.602. The third kappa shape index (κ3) is 5.04. The van der Waals surface area contributed by atoms with Crippen LogP contribution >= 0.6 is 0 Å². The zero-order valence-electron chi connectivity index (χ0n) is 16.7. The number of urea groups is 1. The molecule has 0 unspecified atom stereocenters. The lowest BCUT2D eigenvalue weighted by atomic mass is 9.97. The monoisotopic (exact) mass is 386 g/mol. The number of ether oxygens (including phenoxy) is 1. The Balaban J connectivity index is 1.73. The Labute approximate surface area is 165 Å². The summed E-state index contributed by atoms with van der Waals surface area (Å²) in [7, 11) is 1.58. The SMILES string of the molecule is COCCNC(=O)N[C@H](Cc1c[nH]c2ccccc12)C(=O)N1CCC(C)CC1. The van der Waals surface area contributed by atoms with Crippen LogP contribution in [-0.4, -0.2) is 61.2 Å². The largest absolute Gasteiger partial charge is 0.383 e. The van der Waals surface area contributed by atoms with Gasteiger partial charge in [0.1, 0.15) is 6.04 Å². The second-order valence-corrected chi connectivity index (χ2v) is 7.52. The van der Waals surface area contributed by atoms with Crippen molar-refractivity contribution in [1.29, 1.82) is 0 Å². The van der Waals surface area contributed by atoms with Gasteiger partial charge in [0.25, 0.3) is 0 Å². The van der Waals surface area contributed by atoms with Gasteiger partial charge < -0.3 is 25.3 Å². The van der Waals surface area contributed by atoms with Gasteiger partial charge >= 0.3 is 6.03 Å². The van der Waals surface area contributed by atoms with Crippen LogP contribution in [0.15, 0.2) is 30.5 Å². The van der Waals surface area contributed by atoms with Gasteiger partial charge in [0, 0.05) is 50.3 Å². The van der Waals surface area contributed by atoms with Gasteiger partial charge in [-0.25, -0.2) is 4.79 Å². The summed E-state index contributed by atoms with van der Waals surface area (Å²) in [6.07, 6.45) is 4.39. The molecule has 1 aliphatic rings. The van der Waals surface area contributed by atoms with Crippen LogP contribution in [0, 0.1) is 5.92 Å². The van der Waals surface area contributed by atoms with E-state index in [1.165, 1.54) is 0 Å². The van der Waals surface area contributed by atoms with Crippen LogP contribution in [0.2, 0.25) is 0 Å². The minimum absolute atomic E-state index is 0.0147. The molecule has 28 heavy (non-hydrogen) atoms. The van der Waals surface area contributed by atoms with E-state index in [1.807, 2.05) is 35.4 Å². The van der Waals surface area contributed by atoms with Crippen LogP contribution in [0.3, 0.4) is 0 Å². The molecular formula is C21H30N4O3. The molecule has 1 atom stereocenters. The maximum Gasteiger partial charge on any atom is 0.315 e. The van der Waals surface area contributed by atoms with E-state index in [4.69, 9.17) is 4.74 Å². The van der Waals surface area contributed by atoms with Gasteiger partial charge in [-0.2, -0.15) is 0 Å². The fraction of sp³-hybridized carbons (Fsp3) is 0.524. The smallest absolute Gasteiger partial charge is 0.315 e. The summed E-state index contributed by atoms with van der Waals surface area (Å²) in [6.45, 7) is 4.54. The first-order chi connectivity index (χ1) is 13.6. The number of amides is 3. The number of aromatic nitrogens is 1. The Kier molecular flexibility index (Phi) is 6.92. The molecule has 7 heteroatoms. The number of carbonyl (C=O) groups is 2. The summed E-state index contributed by atoms with van der Waals surface area (Å²) in [5.41, 5.74) is 2.05. The highest BCUT2D eigenvalue weighted by Crippen LogP contribution is 2.21. The molecule has 2 aromatic rings. The van der Waals surface area contributed by atoms with Crippen molar-refractivity contribution in [3.63, 3.8) is 0 Å². The van der Waals surface area contributed by atoms with Crippen molar-refractivity contribution in [2.24, 2.45) is 5.92 Å². The van der Waals surface area contributed by atoms with E-state index < -0.39 is 6.04 Å². The van der Waals surface area contributed by atoms with Gasteiger partial charge in [0.2, 0.25) is 5.91 Å². The summed E-state index contributed by atoms with van der Waals surface area (Å²) in [4.78, 5) is 30.6. The highest BCUT2D eigenvalue weighted by Gasteiger charge is 2.29. The number of benzene rings is 1. The van der Waals surface area contributed by atoms with E-state index in [0.29, 0.717) is 25.5 Å². The first-order valence-electron chi connectivity index (χ1n) is 9.95. The number of nitrogens with one attached hydrogen (secondary N) is 3. The summed E-state index contributed by atoms with van der Waals surface area (Å²) in [5.74, 6) is 0.625. The van der Waals surface area contributed by atoms with Gasteiger partial charge in [0.05, 0.1) is 6.61 Å². The number of nitrogens with zero attached hydrogens (tertiary/aromatic N) is 1. The van der Waals surface area contributed by atoms with Crippen molar-refractivity contribution in [3.05, 3.63) is 36.0 Å². The van der Waals surface area contributed by atoms with Gasteiger partial charge in [-0.3, -0.25) is 4.79 Å². The number of rotatable bonds is 7. The number of aromatic amines is 1. The number of hydrogen-bond donors (Lipinski definition) is 3. The maximum atomic E-state index is 13.2. The lowest BCUT2D eigenvalue weighted by Gasteiger charge is -2.33. The quantitative estimate of drug-likeness (QED) is 0.638. The summed E-state index contributed by atoms with van der Waals surface area (Å²) >= 11 is 0. The first-order valence-corrected chi connectivity index (χ1v) is 9.95. The van der Waals surface area contributed by atoms with Crippen LogP contribution in [-0.2, 0) is 16.0 Å². The highest BCUT2D eigenvalue weighted by molar-refractivity contribution is 5.89. The maximum absolute atomic E-state index is 13.2. The van der Waals surface area contributed by atoms with Crippen molar-refractivity contribution in [2.45, 2.75) is 32.2 Å². The number of para-hydroxylation sites is 1. The van der Waals surface area contributed by atoms with Crippen LogP contribution in [0.4, 0.5) is 4.79 Å². The molecule has 7 nitrogen and oxygen atoms in total. The average molecular weight is 386 g/mol. The number of fused-ring (bicyclic) bond motifs is 1. The molecule has 152 valence electrons. The molecule has 3 N–H and O–H groups in total. The van der Waals surface area contributed by atoms with Crippen molar-refractivity contribution < 1.29 is 14.3 Å². The number of likely N-dealkylation sites (tertiary alicyclic amines) is 1. The van der Waals surface area contributed by atoms with Gasteiger partial charge in [-0.05, 0) is 30.4 Å². The van der Waals surface area contributed by atoms with Crippen LogP contribution in [0.25, 0.3) is 10.9 Å². The third-order valence-corrected chi connectivity index (χ3v) is 5.39. The normalized spacial score (nSPS) is 16.1. The fourth-order valence-electron chi connectivity index (χ4n) is 3.65. The number of piperidine rings is 1. The van der Waals surface area contributed by atoms with Gasteiger partial charge in [0.15, 0.2) is 0 Å². The van der Waals surface area contributed by atoms with E-state index in [2.05, 4.69) is 22.5 Å². The Hall–Kier alpha value is -2.54. The fourth-order valence-corrected chi connectivity index (χ4v) is 3.65. The Morgan fingerprint density at radius 2 is 2.04 bits per heavy atom. The summed E-state index contributed by atoms with van der Waals surface area (Å²) < 4.78 is 4.96. The predicted octanol–water partition coefficient (Wildman–Crippen LogP) is 2.28. The van der Waals surface area contributed by atoms with Gasteiger partial charge in [-0.1, -0.05) is 25.1 Å². The topological polar surface area (TPSA) is 86.5 Å².